The normalized spacial score (nSPS) is 18.7. The summed E-state index contributed by atoms with van der Waals surface area (Å²) in [7, 11) is 0. The first-order chi connectivity index (χ1) is 14.5. The third-order valence-corrected chi connectivity index (χ3v) is 6.25. The maximum atomic E-state index is 13.5. The molecule has 2 aliphatic rings. The molecule has 3 heterocycles. The Morgan fingerprint density at radius 1 is 1.10 bits per heavy atom. The maximum absolute atomic E-state index is 13.5. The molecular formula is C23H31N3O4. The molecule has 0 bridgehead atoms. The van der Waals surface area contributed by atoms with Crippen LogP contribution in [0, 0.1) is 6.92 Å². The van der Waals surface area contributed by atoms with Crippen molar-refractivity contribution in [2.45, 2.75) is 32.7 Å². The number of rotatable bonds is 5. The minimum Gasteiger partial charge on any atom is -0.451 e. The lowest BCUT2D eigenvalue weighted by atomic mass is 10.0. The van der Waals surface area contributed by atoms with Crippen LogP contribution in [0.4, 0.5) is 0 Å². The molecule has 0 aliphatic carbocycles. The van der Waals surface area contributed by atoms with Gasteiger partial charge in [0.2, 0.25) is 5.91 Å². The van der Waals surface area contributed by atoms with Crippen molar-refractivity contribution in [2.75, 3.05) is 52.5 Å². The highest BCUT2D eigenvalue weighted by atomic mass is 16.5. The zero-order valence-corrected chi connectivity index (χ0v) is 17.9. The molecule has 7 nitrogen and oxygen atoms in total. The van der Waals surface area contributed by atoms with Crippen molar-refractivity contribution in [2.24, 2.45) is 0 Å². The SMILES string of the molecule is CC(=O)N1CCC(N(CCN2CCOCC2)C(=O)c2cc3cc(C)ccc3o2)CC1. The van der Waals surface area contributed by atoms with Crippen molar-refractivity contribution in [3.63, 3.8) is 0 Å². The van der Waals surface area contributed by atoms with E-state index in [-0.39, 0.29) is 17.9 Å². The molecule has 162 valence electrons. The van der Waals surface area contributed by atoms with Crippen molar-refractivity contribution in [1.82, 2.24) is 14.7 Å². The highest BCUT2D eigenvalue weighted by molar-refractivity contribution is 5.96. The number of ether oxygens (including phenoxy) is 1. The van der Waals surface area contributed by atoms with Gasteiger partial charge in [0.05, 0.1) is 13.2 Å². The van der Waals surface area contributed by atoms with E-state index in [0.717, 1.165) is 62.2 Å². The molecule has 2 aliphatic heterocycles. The molecule has 1 aromatic carbocycles. The number of furan rings is 1. The first kappa shape index (κ1) is 20.9. The van der Waals surface area contributed by atoms with Crippen LogP contribution in [-0.4, -0.2) is 85.0 Å². The van der Waals surface area contributed by atoms with E-state index in [4.69, 9.17) is 9.15 Å². The predicted molar refractivity (Wildman–Crippen MR) is 115 cm³/mol. The Labute approximate surface area is 177 Å². The summed E-state index contributed by atoms with van der Waals surface area (Å²) in [5.74, 6) is 0.442. The number of benzene rings is 1. The van der Waals surface area contributed by atoms with Gasteiger partial charge in [-0.3, -0.25) is 14.5 Å². The van der Waals surface area contributed by atoms with Crippen molar-refractivity contribution in [1.29, 1.82) is 0 Å². The average molecular weight is 414 g/mol. The molecule has 1 aromatic heterocycles. The fourth-order valence-electron chi connectivity index (χ4n) is 4.43. The van der Waals surface area contributed by atoms with E-state index in [0.29, 0.717) is 25.4 Å². The first-order valence-electron chi connectivity index (χ1n) is 10.9. The van der Waals surface area contributed by atoms with E-state index < -0.39 is 0 Å². The van der Waals surface area contributed by atoms with Gasteiger partial charge in [-0.1, -0.05) is 11.6 Å². The quantitative estimate of drug-likeness (QED) is 0.754. The Morgan fingerprint density at radius 3 is 2.53 bits per heavy atom. The Kier molecular flexibility index (Phi) is 6.39. The Bertz CT molecular complexity index is 895. The number of hydrogen-bond acceptors (Lipinski definition) is 5. The summed E-state index contributed by atoms with van der Waals surface area (Å²) < 4.78 is 11.4. The first-order valence-corrected chi connectivity index (χ1v) is 10.9. The Morgan fingerprint density at radius 2 is 1.83 bits per heavy atom. The van der Waals surface area contributed by atoms with Gasteiger partial charge < -0.3 is 19.0 Å². The number of likely N-dealkylation sites (tertiary alicyclic amines) is 1. The van der Waals surface area contributed by atoms with Crippen molar-refractivity contribution in [3.05, 3.63) is 35.6 Å². The van der Waals surface area contributed by atoms with E-state index in [9.17, 15) is 9.59 Å². The van der Waals surface area contributed by atoms with E-state index >= 15 is 0 Å². The molecule has 30 heavy (non-hydrogen) atoms. The van der Waals surface area contributed by atoms with Crippen LogP contribution in [0.2, 0.25) is 0 Å². The average Bonchev–Trinajstić information content (AvgIpc) is 3.18. The van der Waals surface area contributed by atoms with Gasteiger partial charge in [-0.15, -0.1) is 0 Å². The van der Waals surface area contributed by atoms with Crippen LogP contribution in [-0.2, 0) is 9.53 Å². The summed E-state index contributed by atoms with van der Waals surface area (Å²) in [5, 5.41) is 0.956. The largest absolute Gasteiger partial charge is 0.451 e. The van der Waals surface area contributed by atoms with Gasteiger partial charge in [-0.25, -0.2) is 0 Å². The summed E-state index contributed by atoms with van der Waals surface area (Å²) >= 11 is 0. The minimum atomic E-state index is -0.0570. The van der Waals surface area contributed by atoms with Crippen LogP contribution in [0.5, 0.6) is 0 Å². The van der Waals surface area contributed by atoms with Crippen LogP contribution in [0.25, 0.3) is 11.0 Å². The van der Waals surface area contributed by atoms with Gasteiger partial charge >= 0.3 is 0 Å². The van der Waals surface area contributed by atoms with Gasteiger partial charge in [-0.2, -0.15) is 0 Å². The molecule has 2 amide bonds. The highest BCUT2D eigenvalue weighted by Gasteiger charge is 2.31. The lowest BCUT2D eigenvalue weighted by Crippen LogP contribution is -2.51. The molecule has 0 saturated carbocycles. The Balaban J connectivity index is 1.51. The second kappa shape index (κ2) is 9.18. The second-order valence-corrected chi connectivity index (χ2v) is 8.34. The van der Waals surface area contributed by atoms with E-state index in [1.165, 1.54) is 0 Å². The fraction of sp³-hybridized carbons (Fsp3) is 0.565. The van der Waals surface area contributed by atoms with Crippen LogP contribution < -0.4 is 0 Å². The molecule has 0 spiro atoms. The number of morpholine rings is 1. The lowest BCUT2D eigenvalue weighted by Gasteiger charge is -2.39. The van der Waals surface area contributed by atoms with E-state index in [1.54, 1.807) is 6.92 Å². The molecular weight excluding hydrogens is 382 g/mol. The smallest absolute Gasteiger partial charge is 0.289 e. The van der Waals surface area contributed by atoms with Crippen molar-refractivity contribution in [3.8, 4) is 0 Å². The number of hydrogen-bond donors (Lipinski definition) is 0. The standard InChI is InChI=1S/C23H31N3O4/c1-17-3-4-21-19(15-17)16-22(30-21)23(28)26(10-9-24-11-13-29-14-12-24)20-5-7-25(8-6-20)18(2)27/h3-4,15-16,20H,5-14H2,1-2H3. The number of fused-ring (bicyclic) bond motifs is 1. The third-order valence-electron chi connectivity index (χ3n) is 6.25. The molecule has 0 unspecified atom stereocenters. The molecule has 4 rings (SSSR count). The van der Waals surface area contributed by atoms with Gasteiger partial charge in [0.25, 0.3) is 5.91 Å². The molecule has 0 atom stereocenters. The molecule has 2 aromatic rings. The molecule has 2 saturated heterocycles. The van der Waals surface area contributed by atoms with Gasteiger partial charge in [-0.05, 0) is 38.0 Å². The number of amides is 2. The number of carbonyl (C=O) groups is 2. The maximum Gasteiger partial charge on any atom is 0.289 e. The number of nitrogens with zero attached hydrogens (tertiary/aromatic N) is 3. The summed E-state index contributed by atoms with van der Waals surface area (Å²) in [6.45, 7) is 9.79. The zero-order chi connectivity index (χ0) is 21.1. The molecule has 2 fully saturated rings. The number of aryl methyl sites for hydroxylation is 1. The van der Waals surface area contributed by atoms with Crippen LogP contribution >= 0.6 is 0 Å². The fourth-order valence-corrected chi connectivity index (χ4v) is 4.43. The van der Waals surface area contributed by atoms with Crippen LogP contribution in [0.3, 0.4) is 0 Å². The topological polar surface area (TPSA) is 66.2 Å². The van der Waals surface area contributed by atoms with Crippen LogP contribution in [0.1, 0.15) is 35.9 Å². The van der Waals surface area contributed by atoms with Gasteiger partial charge in [0, 0.05) is 57.6 Å². The molecule has 0 N–H and O–H groups in total. The summed E-state index contributed by atoms with van der Waals surface area (Å²) in [6.07, 6.45) is 1.60. The van der Waals surface area contributed by atoms with Crippen LogP contribution in [0.15, 0.2) is 28.7 Å². The van der Waals surface area contributed by atoms with Gasteiger partial charge in [0.1, 0.15) is 5.58 Å². The molecule has 0 radical (unpaired) electrons. The summed E-state index contributed by atoms with van der Waals surface area (Å²) in [5.41, 5.74) is 1.88. The second-order valence-electron chi connectivity index (χ2n) is 8.34. The number of carbonyl (C=O) groups excluding carboxylic acids is 2. The van der Waals surface area contributed by atoms with Gasteiger partial charge in [0.15, 0.2) is 5.76 Å². The lowest BCUT2D eigenvalue weighted by molar-refractivity contribution is -0.130. The monoisotopic (exact) mass is 413 g/mol. The van der Waals surface area contributed by atoms with Crippen molar-refractivity contribution >= 4 is 22.8 Å². The highest BCUT2D eigenvalue weighted by Crippen LogP contribution is 2.24. The predicted octanol–water partition coefficient (Wildman–Crippen LogP) is 2.53. The molecule has 7 heteroatoms. The zero-order valence-electron chi connectivity index (χ0n) is 17.9. The number of piperidine rings is 1. The van der Waals surface area contributed by atoms with E-state index in [2.05, 4.69) is 4.90 Å². The summed E-state index contributed by atoms with van der Waals surface area (Å²) in [4.78, 5) is 31.4. The van der Waals surface area contributed by atoms with Crippen molar-refractivity contribution < 1.29 is 18.7 Å². The Hall–Kier alpha value is -2.38. The van der Waals surface area contributed by atoms with E-state index in [1.807, 2.05) is 41.0 Å². The minimum absolute atomic E-state index is 0.0570. The third kappa shape index (κ3) is 4.68. The summed E-state index contributed by atoms with van der Waals surface area (Å²) in [6, 6.07) is 7.93.